The van der Waals surface area contributed by atoms with Gasteiger partial charge >= 0.3 is 0 Å². The summed E-state index contributed by atoms with van der Waals surface area (Å²) in [5.41, 5.74) is 1.11. The quantitative estimate of drug-likeness (QED) is 0.609. The topological polar surface area (TPSA) is 20.2 Å². The number of hydrogen-bond donors (Lipinski definition) is 1. The molecule has 0 saturated carbocycles. The van der Waals surface area contributed by atoms with E-state index in [4.69, 9.17) is 0 Å². The van der Waals surface area contributed by atoms with Gasteiger partial charge in [-0.15, -0.1) is 0 Å². The summed E-state index contributed by atoms with van der Waals surface area (Å²) in [7, 11) is 0. The Bertz CT molecular complexity index is 371. The molecule has 1 aromatic rings. The monoisotopic (exact) mass is 182 g/mol. The van der Waals surface area contributed by atoms with Crippen molar-refractivity contribution in [1.82, 2.24) is 0 Å². The molecule has 0 aliphatic heterocycles. The van der Waals surface area contributed by atoms with Crippen LogP contribution in [0.5, 0.6) is 0 Å². The minimum Gasteiger partial charge on any atom is -0.384 e. The number of fused-ring (bicyclic) bond motifs is 1. The lowest BCUT2D eigenvalue weighted by Crippen LogP contribution is -2.05. The van der Waals surface area contributed by atoms with Crippen LogP contribution < -0.4 is 0 Å². The summed E-state index contributed by atoms with van der Waals surface area (Å²) in [4.78, 5) is 0. The van der Waals surface area contributed by atoms with Crippen molar-refractivity contribution >= 4 is 0 Å². The van der Waals surface area contributed by atoms with E-state index in [1.807, 2.05) is 0 Å². The number of rotatable bonds is 0. The molecule has 1 nitrogen and oxygen atoms in total. The Morgan fingerprint density at radius 3 is 2.69 bits per heavy atom. The summed E-state index contributed by atoms with van der Waals surface area (Å²) >= 11 is 0. The maximum atomic E-state index is 12.8. The van der Waals surface area contributed by atoms with E-state index in [-0.39, 0.29) is 0 Å². The van der Waals surface area contributed by atoms with Crippen LogP contribution in [0, 0.1) is 11.6 Å². The first kappa shape index (κ1) is 8.38. The van der Waals surface area contributed by atoms with Gasteiger partial charge in [0.15, 0.2) is 11.6 Å². The highest BCUT2D eigenvalue weighted by Crippen LogP contribution is 2.26. The fraction of sp³-hybridized carbons (Fsp3) is 0.200. The van der Waals surface area contributed by atoms with Crippen LogP contribution in [0.15, 0.2) is 24.3 Å². The van der Waals surface area contributed by atoms with Gasteiger partial charge in [-0.2, -0.15) is 0 Å². The molecule has 0 saturated heterocycles. The number of aliphatic hydroxyl groups is 1. The Morgan fingerprint density at radius 2 is 1.92 bits per heavy atom. The van der Waals surface area contributed by atoms with Crippen molar-refractivity contribution in [2.24, 2.45) is 0 Å². The smallest absolute Gasteiger partial charge is 0.159 e. The van der Waals surface area contributed by atoms with E-state index in [9.17, 15) is 13.9 Å². The number of benzene rings is 1. The van der Waals surface area contributed by atoms with Gasteiger partial charge in [-0.1, -0.05) is 12.2 Å². The van der Waals surface area contributed by atoms with E-state index < -0.39 is 17.7 Å². The first-order valence-corrected chi connectivity index (χ1v) is 4.01. The predicted octanol–water partition coefficient (Wildman–Crippen LogP) is 2.11. The van der Waals surface area contributed by atoms with Crippen LogP contribution in [0.25, 0.3) is 0 Å². The molecule has 1 unspecified atom stereocenters. The van der Waals surface area contributed by atoms with Crippen LogP contribution in [0.3, 0.4) is 0 Å². The fourth-order valence-electron chi connectivity index (χ4n) is 1.48. The molecule has 0 fully saturated rings. The van der Waals surface area contributed by atoms with Gasteiger partial charge in [-0.3, -0.25) is 0 Å². The van der Waals surface area contributed by atoms with Gasteiger partial charge in [-0.05, 0) is 29.7 Å². The van der Waals surface area contributed by atoms with Gasteiger partial charge < -0.3 is 5.11 Å². The van der Waals surface area contributed by atoms with Crippen LogP contribution in [0.4, 0.5) is 8.78 Å². The third-order valence-corrected chi connectivity index (χ3v) is 2.16. The largest absolute Gasteiger partial charge is 0.384 e. The van der Waals surface area contributed by atoms with Crippen molar-refractivity contribution in [3.05, 3.63) is 47.0 Å². The molecule has 13 heavy (non-hydrogen) atoms. The molecular weight excluding hydrogens is 174 g/mol. The Morgan fingerprint density at radius 1 is 1.23 bits per heavy atom. The molecule has 68 valence electrons. The van der Waals surface area contributed by atoms with E-state index in [1.165, 1.54) is 0 Å². The average molecular weight is 182 g/mol. The van der Waals surface area contributed by atoms with Crippen LogP contribution in [0.1, 0.15) is 17.2 Å². The van der Waals surface area contributed by atoms with E-state index in [2.05, 4.69) is 0 Å². The van der Waals surface area contributed by atoms with Crippen molar-refractivity contribution in [3.63, 3.8) is 0 Å². The molecule has 2 rings (SSSR count). The van der Waals surface area contributed by atoms with Crippen molar-refractivity contribution in [3.8, 4) is 0 Å². The highest BCUT2D eigenvalue weighted by Gasteiger charge is 2.16. The van der Waals surface area contributed by atoms with Crippen molar-refractivity contribution in [1.29, 1.82) is 0 Å². The van der Waals surface area contributed by atoms with Gasteiger partial charge in [0, 0.05) is 0 Å². The zero-order valence-electron chi connectivity index (χ0n) is 6.80. The second kappa shape index (κ2) is 2.92. The Kier molecular flexibility index (Phi) is 1.88. The number of aliphatic hydroxyl groups excluding tert-OH is 1. The Balaban J connectivity index is 2.56. The second-order valence-corrected chi connectivity index (χ2v) is 3.04. The van der Waals surface area contributed by atoms with Gasteiger partial charge in [0.2, 0.25) is 0 Å². The standard InChI is InChI=1S/C10H8F2O/c11-8-4-6-2-1-3-10(13)7(6)5-9(8)12/h1,3-5,10,13H,2H2. The van der Waals surface area contributed by atoms with Gasteiger partial charge in [-0.25, -0.2) is 8.78 Å². The fourth-order valence-corrected chi connectivity index (χ4v) is 1.48. The summed E-state index contributed by atoms with van der Waals surface area (Å²) in [6.07, 6.45) is 3.05. The minimum absolute atomic E-state index is 0.460. The molecule has 0 heterocycles. The Labute approximate surface area is 74.3 Å². The molecule has 3 heteroatoms. The molecular formula is C10H8F2O. The van der Waals surface area contributed by atoms with Crippen molar-refractivity contribution in [2.45, 2.75) is 12.5 Å². The van der Waals surface area contributed by atoms with Crippen molar-refractivity contribution < 1.29 is 13.9 Å². The Hall–Kier alpha value is -1.22. The summed E-state index contributed by atoms with van der Waals surface area (Å²) in [5, 5.41) is 9.40. The SMILES string of the molecule is OC1C=CCc2cc(F)c(F)cc21. The lowest BCUT2D eigenvalue weighted by Gasteiger charge is -2.16. The molecule has 1 N–H and O–H groups in total. The molecule has 1 aliphatic rings. The van der Waals surface area contributed by atoms with Crippen LogP contribution in [-0.2, 0) is 6.42 Å². The molecule has 1 atom stereocenters. The lowest BCUT2D eigenvalue weighted by molar-refractivity contribution is 0.224. The van der Waals surface area contributed by atoms with Crippen LogP contribution in [0.2, 0.25) is 0 Å². The molecule has 0 radical (unpaired) electrons. The molecule has 1 aliphatic carbocycles. The van der Waals surface area contributed by atoms with Gasteiger partial charge in [0.1, 0.15) is 0 Å². The highest BCUT2D eigenvalue weighted by atomic mass is 19.2. The average Bonchev–Trinajstić information content (AvgIpc) is 2.09. The predicted molar refractivity (Wildman–Crippen MR) is 44.2 cm³/mol. The third-order valence-electron chi connectivity index (χ3n) is 2.16. The molecule has 1 aromatic carbocycles. The van der Waals surface area contributed by atoms with Crippen LogP contribution >= 0.6 is 0 Å². The normalized spacial score (nSPS) is 20.1. The van der Waals surface area contributed by atoms with E-state index >= 15 is 0 Å². The van der Waals surface area contributed by atoms with Gasteiger partial charge in [0.05, 0.1) is 6.10 Å². The van der Waals surface area contributed by atoms with Gasteiger partial charge in [0.25, 0.3) is 0 Å². The summed E-state index contributed by atoms with van der Waals surface area (Å²) in [6.45, 7) is 0. The van der Waals surface area contributed by atoms with E-state index in [0.717, 1.165) is 12.1 Å². The maximum absolute atomic E-state index is 12.8. The number of halogens is 2. The zero-order chi connectivity index (χ0) is 9.42. The third kappa shape index (κ3) is 1.35. The number of hydrogen-bond acceptors (Lipinski definition) is 1. The summed E-state index contributed by atoms with van der Waals surface area (Å²) in [5.74, 6) is -1.77. The maximum Gasteiger partial charge on any atom is 0.159 e. The van der Waals surface area contributed by atoms with Crippen molar-refractivity contribution in [2.75, 3.05) is 0 Å². The first-order valence-electron chi connectivity index (χ1n) is 4.01. The molecule has 0 spiro atoms. The molecule has 0 aromatic heterocycles. The van der Waals surface area contributed by atoms with Crippen LogP contribution in [-0.4, -0.2) is 5.11 Å². The molecule has 0 bridgehead atoms. The summed E-state index contributed by atoms with van der Waals surface area (Å²) < 4.78 is 25.5. The van der Waals surface area contributed by atoms with E-state index in [0.29, 0.717) is 17.5 Å². The highest BCUT2D eigenvalue weighted by molar-refractivity contribution is 5.37. The summed E-state index contributed by atoms with van der Waals surface area (Å²) in [6, 6.07) is 2.19. The first-order chi connectivity index (χ1) is 6.18. The molecule has 0 amide bonds. The minimum atomic E-state index is -0.909. The van der Waals surface area contributed by atoms with E-state index in [1.54, 1.807) is 12.2 Å². The number of allylic oxidation sites excluding steroid dienone is 1. The second-order valence-electron chi connectivity index (χ2n) is 3.04. The zero-order valence-corrected chi connectivity index (χ0v) is 6.80. The lowest BCUT2D eigenvalue weighted by atomic mass is 9.94.